The van der Waals surface area contributed by atoms with Crippen LogP contribution in [0.25, 0.3) is 0 Å². The van der Waals surface area contributed by atoms with E-state index in [2.05, 4.69) is 26.8 Å². The Hall–Kier alpha value is -0.790. The number of hydrogen-bond donors (Lipinski definition) is 0. The zero-order valence-corrected chi connectivity index (χ0v) is 10.7. The summed E-state index contributed by atoms with van der Waals surface area (Å²) < 4.78 is 5.09. The van der Waals surface area contributed by atoms with Crippen molar-refractivity contribution in [1.82, 2.24) is 0 Å². The van der Waals surface area contributed by atoms with E-state index in [9.17, 15) is 4.79 Å². The molecule has 2 unspecified atom stereocenters. The van der Waals surface area contributed by atoms with Gasteiger partial charge in [0.05, 0.1) is 6.10 Å². The summed E-state index contributed by atoms with van der Waals surface area (Å²) in [5, 5.41) is 0. The predicted molar refractivity (Wildman–Crippen MR) is 63.7 cm³/mol. The molecule has 0 aliphatic rings. The van der Waals surface area contributed by atoms with Gasteiger partial charge in [-0.1, -0.05) is 18.6 Å². The number of rotatable bonds is 6. The van der Waals surface area contributed by atoms with Gasteiger partial charge in [-0.05, 0) is 46.0 Å². The van der Waals surface area contributed by atoms with Crippen LogP contribution in [-0.2, 0) is 9.53 Å². The van der Waals surface area contributed by atoms with Crippen LogP contribution >= 0.6 is 0 Å². The minimum Gasteiger partial charge on any atom is -0.463 e. The SMILES string of the molecule is CC(=O)OC(C)CC(C)CCC=C(C)C. The van der Waals surface area contributed by atoms with E-state index < -0.39 is 0 Å². The number of allylic oxidation sites excluding steroid dienone is 2. The number of ether oxygens (including phenoxy) is 1. The molecule has 0 radical (unpaired) electrons. The van der Waals surface area contributed by atoms with E-state index in [0.717, 1.165) is 19.3 Å². The van der Waals surface area contributed by atoms with Crippen molar-refractivity contribution in [3.05, 3.63) is 11.6 Å². The summed E-state index contributed by atoms with van der Waals surface area (Å²) in [7, 11) is 0. The van der Waals surface area contributed by atoms with Crippen LogP contribution in [-0.4, -0.2) is 12.1 Å². The maximum atomic E-state index is 10.7. The van der Waals surface area contributed by atoms with Crippen molar-refractivity contribution in [3.63, 3.8) is 0 Å². The smallest absolute Gasteiger partial charge is 0.302 e. The van der Waals surface area contributed by atoms with Gasteiger partial charge >= 0.3 is 5.97 Å². The van der Waals surface area contributed by atoms with Crippen LogP contribution in [0.2, 0.25) is 0 Å². The first-order valence-corrected chi connectivity index (χ1v) is 5.72. The average Bonchev–Trinajstić information content (AvgIpc) is 2.00. The molecular formula is C13H24O2. The fraction of sp³-hybridized carbons (Fsp3) is 0.769. The second kappa shape index (κ2) is 7.49. The van der Waals surface area contributed by atoms with Crippen molar-refractivity contribution < 1.29 is 9.53 Å². The molecule has 0 saturated carbocycles. The number of carbonyl (C=O) groups excluding carboxylic acids is 1. The topological polar surface area (TPSA) is 26.3 Å². The van der Waals surface area contributed by atoms with Crippen molar-refractivity contribution >= 4 is 5.97 Å². The first kappa shape index (κ1) is 14.2. The Morgan fingerprint density at radius 3 is 2.33 bits per heavy atom. The van der Waals surface area contributed by atoms with Crippen molar-refractivity contribution in [2.24, 2.45) is 5.92 Å². The van der Waals surface area contributed by atoms with Crippen LogP contribution < -0.4 is 0 Å². The zero-order chi connectivity index (χ0) is 11.8. The van der Waals surface area contributed by atoms with Gasteiger partial charge in [0.2, 0.25) is 0 Å². The molecule has 2 heteroatoms. The average molecular weight is 212 g/mol. The summed E-state index contributed by atoms with van der Waals surface area (Å²) in [5.41, 5.74) is 1.37. The number of esters is 1. The minimum atomic E-state index is -0.181. The molecule has 0 bridgehead atoms. The monoisotopic (exact) mass is 212 g/mol. The highest BCUT2D eigenvalue weighted by Gasteiger charge is 2.10. The summed E-state index contributed by atoms with van der Waals surface area (Å²) in [6, 6.07) is 0. The van der Waals surface area contributed by atoms with Crippen LogP contribution in [0.1, 0.15) is 53.9 Å². The molecule has 0 aromatic carbocycles. The maximum Gasteiger partial charge on any atom is 0.302 e. The molecule has 88 valence electrons. The molecule has 2 nitrogen and oxygen atoms in total. The summed E-state index contributed by atoms with van der Waals surface area (Å²) in [6.45, 7) is 9.86. The predicted octanol–water partition coefficient (Wildman–Crippen LogP) is 3.71. The molecule has 2 atom stereocenters. The molecule has 0 N–H and O–H groups in total. The van der Waals surface area contributed by atoms with Gasteiger partial charge in [-0.15, -0.1) is 0 Å². The molecule has 15 heavy (non-hydrogen) atoms. The highest BCUT2D eigenvalue weighted by atomic mass is 16.5. The van der Waals surface area contributed by atoms with Crippen LogP contribution in [0.4, 0.5) is 0 Å². The fourth-order valence-electron chi connectivity index (χ4n) is 1.67. The third kappa shape index (κ3) is 9.51. The lowest BCUT2D eigenvalue weighted by atomic mass is 9.98. The van der Waals surface area contributed by atoms with Crippen molar-refractivity contribution in [3.8, 4) is 0 Å². The second-order valence-corrected chi connectivity index (χ2v) is 4.62. The zero-order valence-electron chi connectivity index (χ0n) is 10.7. The highest BCUT2D eigenvalue weighted by Crippen LogP contribution is 2.15. The largest absolute Gasteiger partial charge is 0.463 e. The first-order valence-electron chi connectivity index (χ1n) is 5.72. The van der Waals surface area contributed by atoms with Crippen molar-refractivity contribution in [2.45, 2.75) is 60.0 Å². The van der Waals surface area contributed by atoms with Gasteiger partial charge in [-0.3, -0.25) is 4.79 Å². The molecule has 0 aliphatic carbocycles. The van der Waals surface area contributed by atoms with E-state index >= 15 is 0 Å². The van der Waals surface area contributed by atoms with E-state index in [1.54, 1.807) is 0 Å². The van der Waals surface area contributed by atoms with E-state index in [0.29, 0.717) is 5.92 Å². The fourth-order valence-corrected chi connectivity index (χ4v) is 1.67. The molecule has 0 fully saturated rings. The lowest BCUT2D eigenvalue weighted by molar-refractivity contribution is -0.146. The van der Waals surface area contributed by atoms with Gasteiger partial charge in [0.15, 0.2) is 0 Å². The summed E-state index contributed by atoms with van der Waals surface area (Å²) in [6.07, 6.45) is 5.54. The Morgan fingerprint density at radius 2 is 1.87 bits per heavy atom. The van der Waals surface area contributed by atoms with E-state index in [1.165, 1.54) is 12.5 Å². The summed E-state index contributed by atoms with van der Waals surface area (Å²) in [5.74, 6) is 0.425. The number of carbonyl (C=O) groups is 1. The molecular weight excluding hydrogens is 188 g/mol. The van der Waals surface area contributed by atoms with Crippen LogP contribution in [0, 0.1) is 5.92 Å². The molecule has 0 rings (SSSR count). The number of hydrogen-bond acceptors (Lipinski definition) is 2. The van der Waals surface area contributed by atoms with Crippen LogP contribution in [0.5, 0.6) is 0 Å². The van der Waals surface area contributed by atoms with Gasteiger partial charge in [-0.25, -0.2) is 0 Å². The van der Waals surface area contributed by atoms with E-state index in [4.69, 9.17) is 4.74 Å². The van der Waals surface area contributed by atoms with Crippen LogP contribution in [0.3, 0.4) is 0 Å². The second-order valence-electron chi connectivity index (χ2n) is 4.62. The molecule has 0 amide bonds. The Bertz CT molecular complexity index is 215. The molecule has 0 saturated heterocycles. The molecule has 0 heterocycles. The van der Waals surface area contributed by atoms with Gasteiger partial charge in [0.1, 0.15) is 0 Å². The molecule has 0 spiro atoms. The third-order valence-electron chi connectivity index (χ3n) is 2.31. The van der Waals surface area contributed by atoms with Gasteiger partial charge in [-0.2, -0.15) is 0 Å². The Kier molecular flexibility index (Phi) is 7.10. The summed E-state index contributed by atoms with van der Waals surface area (Å²) in [4.78, 5) is 10.7. The normalized spacial score (nSPS) is 14.2. The van der Waals surface area contributed by atoms with Gasteiger partial charge < -0.3 is 4.74 Å². The van der Waals surface area contributed by atoms with E-state index in [1.807, 2.05) is 6.92 Å². The van der Waals surface area contributed by atoms with Crippen LogP contribution in [0.15, 0.2) is 11.6 Å². The Morgan fingerprint density at radius 1 is 1.27 bits per heavy atom. The lowest BCUT2D eigenvalue weighted by Crippen LogP contribution is -2.15. The Balaban J connectivity index is 3.68. The highest BCUT2D eigenvalue weighted by molar-refractivity contribution is 5.66. The first-order chi connectivity index (χ1) is 6.91. The van der Waals surface area contributed by atoms with E-state index in [-0.39, 0.29) is 12.1 Å². The van der Waals surface area contributed by atoms with Gasteiger partial charge in [0, 0.05) is 6.92 Å². The molecule has 0 aromatic rings. The quantitative estimate of drug-likeness (QED) is 0.495. The summed E-state index contributed by atoms with van der Waals surface area (Å²) >= 11 is 0. The molecule has 0 aromatic heterocycles. The maximum absolute atomic E-state index is 10.7. The third-order valence-corrected chi connectivity index (χ3v) is 2.31. The lowest BCUT2D eigenvalue weighted by Gasteiger charge is -2.16. The van der Waals surface area contributed by atoms with Crippen molar-refractivity contribution in [2.75, 3.05) is 0 Å². The van der Waals surface area contributed by atoms with Gasteiger partial charge in [0.25, 0.3) is 0 Å². The minimum absolute atomic E-state index is 0.0456. The standard InChI is InChI=1S/C13H24O2/c1-10(2)7-6-8-11(3)9-12(4)15-13(5)14/h7,11-12H,6,8-9H2,1-5H3. The molecule has 0 aliphatic heterocycles. The Labute approximate surface area is 93.7 Å². The van der Waals surface area contributed by atoms with Crippen molar-refractivity contribution in [1.29, 1.82) is 0 Å².